The molecule has 2 heterocycles. The number of benzene rings is 1. The highest BCUT2D eigenvalue weighted by molar-refractivity contribution is 9.10. The Labute approximate surface area is 105 Å². The third-order valence-electron chi connectivity index (χ3n) is 2.41. The number of nitrogens with zero attached hydrogens (tertiary/aromatic N) is 2. The van der Waals surface area contributed by atoms with E-state index in [9.17, 15) is 4.39 Å². The normalized spacial score (nSPS) is 10.9. The maximum Gasteiger partial charge on any atom is 0.157 e. The molecule has 3 rings (SSSR count). The Morgan fingerprint density at radius 1 is 1.18 bits per heavy atom. The second-order valence-corrected chi connectivity index (χ2v) is 4.52. The van der Waals surface area contributed by atoms with E-state index in [-0.39, 0.29) is 5.82 Å². The van der Waals surface area contributed by atoms with Crippen molar-refractivity contribution in [1.82, 2.24) is 15.0 Å². The molecule has 3 nitrogen and oxygen atoms in total. The summed E-state index contributed by atoms with van der Waals surface area (Å²) < 4.78 is 13.7. The molecule has 3 aromatic rings. The quantitative estimate of drug-likeness (QED) is 0.745. The van der Waals surface area contributed by atoms with E-state index < -0.39 is 0 Å². The highest BCUT2D eigenvalue weighted by Gasteiger charge is 2.06. The van der Waals surface area contributed by atoms with E-state index in [0.717, 1.165) is 15.5 Å². The molecule has 5 heteroatoms. The molecule has 17 heavy (non-hydrogen) atoms. The first-order valence-electron chi connectivity index (χ1n) is 4.99. The summed E-state index contributed by atoms with van der Waals surface area (Å²) in [6, 6.07) is 8.73. The van der Waals surface area contributed by atoms with Gasteiger partial charge in [0.05, 0.1) is 17.2 Å². The summed E-state index contributed by atoms with van der Waals surface area (Å²) in [7, 11) is 0. The van der Waals surface area contributed by atoms with E-state index in [1.165, 1.54) is 12.3 Å². The van der Waals surface area contributed by atoms with Crippen LogP contribution in [0.1, 0.15) is 0 Å². The molecule has 1 N–H and O–H groups in total. The Kier molecular flexibility index (Phi) is 2.40. The standard InChI is InChI=1S/C12H7BrFN3/c13-7-1-3-9-11(5-7)17-12(16-9)10-4-2-8(14)6-15-10/h1-6H,(H,16,17). The summed E-state index contributed by atoms with van der Waals surface area (Å²) in [4.78, 5) is 11.5. The van der Waals surface area contributed by atoms with Crippen LogP contribution >= 0.6 is 15.9 Å². The average molecular weight is 292 g/mol. The molecule has 84 valence electrons. The second-order valence-electron chi connectivity index (χ2n) is 3.61. The molecule has 0 fully saturated rings. The van der Waals surface area contributed by atoms with Crippen LogP contribution in [0.15, 0.2) is 41.0 Å². The number of rotatable bonds is 1. The molecular formula is C12H7BrFN3. The monoisotopic (exact) mass is 291 g/mol. The fourth-order valence-corrected chi connectivity index (χ4v) is 1.98. The van der Waals surface area contributed by atoms with Crippen molar-refractivity contribution in [3.05, 3.63) is 46.8 Å². The molecule has 1 aromatic carbocycles. The van der Waals surface area contributed by atoms with Gasteiger partial charge < -0.3 is 4.98 Å². The molecule has 0 aliphatic rings. The van der Waals surface area contributed by atoms with Crippen LogP contribution in [0, 0.1) is 5.82 Å². The Morgan fingerprint density at radius 2 is 2.06 bits per heavy atom. The van der Waals surface area contributed by atoms with E-state index in [0.29, 0.717) is 11.5 Å². The van der Waals surface area contributed by atoms with Crippen molar-refractivity contribution in [2.24, 2.45) is 0 Å². The van der Waals surface area contributed by atoms with Gasteiger partial charge in [-0.1, -0.05) is 15.9 Å². The van der Waals surface area contributed by atoms with Crippen LogP contribution in [0.3, 0.4) is 0 Å². The molecule has 2 aromatic heterocycles. The molecule has 0 saturated carbocycles. The molecule has 0 amide bonds. The first-order valence-corrected chi connectivity index (χ1v) is 5.79. The lowest BCUT2D eigenvalue weighted by Crippen LogP contribution is -1.85. The second kappa shape index (κ2) is 3.92. The Morgan fingerprint density at radius 3 is 2.82 bits per heavy atom. The molecule has 0 radical (unpaired) electrons. The van der Waals surface area contributed by atoms with Gasteiger partial charge >= 0.3 is 0 Å². The van der Waals surface area contributed by atoms with Crippen LogP contribution in [0.2, 0.25) is 0 Å². The van der Waals surface area contributed by atoms with Crippen LogP contribution in [0.25, 0.3) is 22.6 Å². The Bertz CT molecular complexity index is 676. The lowest BCUT2D eigenvalue weighted by atomic mass is 10.3. The molecule has 0 aliphatic carbocycles. The van der Waals surface area contributed by atoms with Crippen molar-refractivity contribution in [2.45, 2.75) is 0 Å². The van der Waals surface area contributed by atoms with Crippen molar-refractivity contribution in [3.8, 4) is 11.5 Å². The first kappa shape index (κ1) is 10.4. The van der Waals surface area contributed by atoms with Crippen molar-refractivity contribution in [1.29, 1.82) is 0 Å². The SMILES string of the molecule is Fc1ccc(-c2nc3ccc(Br)cc3[nH]2)nc1. The fourth-order valence-electron chi connectivity index (χ4n) is 1.62. The molecular weight excluding hydrogens is 285 g/mol. The predicted molar refractivity (Wildman–Crippen MR) is 67.0 cm³/mol. The zero-order valence-corrected chi connectivity index (χ0v) is 10.2. The number of aromatic amines is 1. The first-order chi connectivity index (χ1) is 8.22. The fraction of sp³-hybridized carbons (Fsp3) is 0. The predicted octanol–water partition coefficient (Wildman–Crippen LogP) is 3.53. The maximum absolute atomic E-state index is 12.8. The van der Waals surface area contributed by atoms with Crippen molar-refractivity contribution < 1.29 is 4.39 Å². The Balaban J connectivity index is 2.14. The number of hydrogen-bond acceptors (Lipinski definition) is 2. The van der Waals surface area contributed by atoms with Crippen LogP contribution in [0.4, 0.5) is 4.39 Å². The number of hydrogen-bond donors (Lipinski definition) is 1. The van der Waals surface area contributed by atoms with E-state index in [1.807, 2.05) is 18.2 Å². The van der Waals surface area contributed by atoms with Gasteiger partial charge in [0, 0.05) is 4.47 Å². The third kappa shape index (κ3) is 1.93. The zero-order chi connectivity index (χ0) is 11.8. The molecule has 0 bridgehead atoms. The van der Waals surface area contributed by atoms with Gasteiger partial charge in [-0.3, -0.25) is 0 Å². The summed E-state index contributed by atoms with van der Waals surface area (Å²) in [5.74, 6) is 0.283. The van der Waals surface area contributed by atoms with Crippen molar-refractivity contribution >= 4 is 27.0 Å². The summed E-state index contributed by atoms with van der Waals surface area (Å²) in [6.45, 7) is 0. The van der Waals surface area contributed by atoms with Gasteiger partial charge in [-0.2, -0.15) is 0 Å². The molecule has 0 unspecified atom stereocenters. The molecule has 0 atom stereocenters. The summed E-state index contributed by atoms with van der Waals surface area (Å²) in [5.41, 5.74) is 2.40. The van der Waals surface area contributed by atoms with Gasteiger partial charge in [0.1, 0.15) is 11.5 Å². The maximum atomic E-state index is 12.8. The third-order valence-corrected chi connectivity index (χ3v) is 2.91. The van der Waals surface area contributed by atoms with E-state index >= 15 is 0 Å². The van der Waals surface area contributed by atoms with Crippen LogP contribution in [-0.2, 0) is 0 Å². The van der Waals surface area contributed by atoms with Gasteiger partial charge in [0.2, 0.25) is 0 Å². The number of nitrogens with one attached hydrogen (secondary N) is 1. The highest BCUT2D eigenvalue weighted by Crippen LogP contribution is 2.21. The number of halogens is 2. The van der Waals surface area contributed by atoms with Crippen molar-refractivity contribution in [2.75, 3.05) is 0 Å². The highest BCUT2D eigenvalue weighted by atomic mass is 79.9. The van der Waals surface area contributed by atoms with Crippen molar-refractivity contribution in [3.63, 3.8) is 0 Å². The molecule has 0 saturated heterocycles. The van der Waals surface area contributed by atoms with Gasteiger partial charge in [0.15, 0.2) is 5.82 Å². The van der Waals surface area contributed by atoms with Gasteiger partial charge in [0.25, 0.3) is 0 Å². The smallest absolute Gasteiger partial charge is 0.157 e. The molecule has 0 spiro atoms. The van der Waals surface area contributed by atoms with E-state index in [4.69, 9.17) is 0 Å². The van der Waals surface area contributed by atoms with Crippen LogP contribution < -0.4 is 0 Å². The largest absolute Gasteiger partial charge is 0.337 e. The van der Waals surface area contributed by atoms with Gasteiger partial charge in [-0.15, -0.1) is 0 Å². The van der Waals surface area contributed by atoms with Crippen LogP contribution in [-0.4, -0.2) is 15.0 Å². The minimum absolute atomic E-state index is 0.354. The lowest BCUT2D eigenvalue weighted by Gasteiger charge is -1.93. The Hall–Kier alpha value is -1.75. The number of fused-ring (bicyclic) bond motifs is 1. The van der Waals surface area contributed by atoms with Gasteiger partial charge in [-0.25, -0.2) is 14.4 Å². The minimum Gasteiger partial charge on any atom is -0.337 e. The summed E-state index contributed by atoms with van der Waals surface area (Å²) in [5, 5.41) is 0. The topological polar surface area (TPSA) is 41.6 Å². The number of pyridine rings is 1. The average Bonchev–Trinajstić information content (AvgIpc) is 2.72. The van der Waals surface area contributed by atoms with Crippen LogP contribution in [0.5, 0.6) is 0 Å². The zero-order valence-electron chi connectivity index (χ0n) is 8.61. The van der Waals surface area contributed by atoms with E-state index in [1.54, 1.807) is 6.07 Å². The van der Waals surface area contributed by atoms with E-state index in [2.05, 4.69) is 30.9 Å². The lowest BCUT2D eigenvalue weighted by molar-refractivity contribution is 0.621. The minimum atomic E-state index is -0.354. The number of aromatic nitrogens is 3. The summed E-state index contributed by atoms with van der Waals surface area (Å²) in [6.07, 6.45) is 1.18. The van der Waals surface area contributed by atoms with Gasteiger partial charge in [-0.05, 0) is 30.3 Å². The molecule has 0 aliphatic heterocycles. The number of imidazole rings is 1. The summed E-state index contributed by atoms with van der Waals surface area (Å²) >= 11 is 3.39. The number of H-pyrrole nitrogens is 1.